The van der Waals surface area contributed by atoms with Gasteiger partial charge in [-0.05, 0) is 71.7 Å². The minimum absolute atomic E-state index is 0.0732. The summed E-state index contributed by atoms with van der Waals surface area (Å²) in [6.07, 6.45) is 5.22. The number of aromatic nitrogens is 1. The van der Waals surface area contributed by atoms with Gasteiger partial charge in [-0.2, -0.15) is 0 Å². The first kappa shape index (κ1) is 37.3. The van der Waals surface area contributed by atoms with Crippen LogP contribution in [0.3, 0.4) is 0 Å². The van der Waals surface area contributed by atoms with E-state index in [1.54, 1.807) is 19.9 Å². The first-order valence-electron chi connectivity index (χ1n) is 16.4. The molecule has 0 aliphatic rings. The van der Waals surface area contributed by atoms with Crippen molar-refractivity contribution in [2.75, 3.05) is 18.5 Å². The summed E-state index contributed by atoms with van der Waals surface area (Å²) in [4.78, 5) is 29.1. The van der Waals surface area contributed by atoms with Gasteiger partial charge in [0.2, 0.25) is 5.91 Å². The summed E-state index contributed by atoms with van der Waals surface area (Å²) in [6.45, 7) is 17.5. The number of benzene rings is 2. The summed E-state index contributed by atoms with van der Waals surface area (Å²) >= 11 is 0. The number of aromatic hydroxyl groups is 1. The number of phenolic OH excluding ortho intramolecular Hbond substituents is 1. The Morgan fingerprint density at radius 1 is 0.872 bits per heavy atom. The number of carboxylic acid groups (broad SMARTS) is 1. The Hall–Kier alpha value is -4.17. The predicted octanol–water partition coefficient (Wildman–Crippen LogP) is 8.76. The quantitative estimate of drug-likeness (QED) is 0.142. The van der Waals surface area contributed by atoms with E-state index in [4.69, 9.17) is 9.47 Å². The summed E-state index contributed by atoms with van der Waals surface area (Å²) in [7, 11) is 0. The lowest BCUT2D eigenvalue weighted by Gasteiger charge is -2.28. The normalized spacial score (nSPS) is 12.3. The SMILES string of the molecule is CCC(CC)(CC(=O)Nc1cccc(C=Cc2cccc(COCCCOc3cc(C(C)(C)C)c(O)c(C(C)(C)C)c3)n2)c1)C(=O)O. The average Bonchev–Trinajstić information content (AvgIpc) is 3.00. The fourth-order valence-electron chi connectivity index (χ4n) is 5.33. The molecule has 0 saturated carbocycles. The van der Waals surface area contributed by atoms with Gasteiger partial charge in [0.1, 0.15) is 11.5 Å². The first-order chi connectivity index (χ1) is 22.1. The molecule has 3 N–H and O–H groups in total. The molecule has 8 heteroatoms. The molecule has 0 unspecified atom stereocenters. The van der Waals surface area contributed by atoms with Crippen molar-refractivity contribution >= 4 is 29.7 Å². The topological polar surface area (TPSA) is 118 Å². The Kier molecular flexibility index (Phi) is 12.8. The second-order valence-corrected chi connectivity index (χ2v) is 14.2. The lowest BCUT2D eigenvalue weighted by atomic mass is 9.79. The zero-order valence-corrected chi connectivity index (χ0v) is 29.3. The van der Waals surface area contributed by atoms with E-state index < -0.39 is 11.4 Å². The molecule has 0 spiro atoms. The zero-order valence-electron chi connectivity index (χ0n) is 29.3. The van der Waals surface area contributed by atoms with Crippen LogP contribution < -0.4 is 10.1 Å². The van der Waals surface area contributed by atoms with Gasteiger partial charge < -0.3 is 25.0 Å². The van der Waals surface area contributed by atoms with Crippen molar-refractivity contribution in [1.82, 2.24) is 4.98 Å². The molecule has 0 saturated heterocycles. The second-order valence-electron chi connectivity index (χ2n) is 14.2. The third kappa shape index (κ3) is 10.7. The number of rotatable bonds is 15. The number of hydrogen-bond donors (Lipinski definition) is 3. The van der Waals surface area contributed by atoms with Crippen LogP contribution in [0.25, 0.3) is 12.2 Å². The smallest absolute Gasteiger partial charge is 0.310 e. The average molecular weight is 645 g/mol. The van der Waals surface area contributed by atoms with Crippen molar-refractivity contribution in [3.05, 3.63) is 82.7 Å². The third-order valence-corrected chi connectivity index (χ3v) is 8.40. The summed E-state index contributed by atoms with van der Waals surface area (Å²) < 4.78 is 12.0. The molecule has 0 radical (unpaired) electrons. The fourth-order valence-corrected chi connectivity index (χ4v) is 5.33. The number of nitrogens with one attached hydrogen (secondary N) is 1. The Morgan fingerprint density at radius 3 is 2.11 bits per heavy atom. The standard InChI is InChI=1S/C39H52N2O6/c1-9-39(10-2,36(44)45)25-34(42)41-29-16-11-14-27(22-29)18-19-28-15-12-17-30(40-28)26-46-20-13-21-47-31-23-32(37(3,4)5)35(43)33(24-31)38(6,7)8/h11-12,14-19,22-24,43H,9-10,13,20-21,25-26H2,1-8H3,(H,41,42)(H,44,45). The van der Waals surface area contributed by atoms with E-state index in [9.17, 15) is 19.8 Å². The molecule has 1 aromatic heterocycles. The van der Waals surface area contributed by atoms with Crippen molar-refractivity contribution < 1.29 is 29.3 Å². The van der Waals surface area contributed by atoms with Crippen LogP contribution >= 0.6 is 0 Å². The van der Waals surface area contributed by atoms with Gasteiger partial charge in [-0.3, -0.25) is 14.6 Å². The fraction of sp³-hybridized carbons (Fsp3) is 0.462. The van der Waals surface area contributed by atoms with Gasteiger partial charge in [0.25, 0.3) is 0 Å². The largest absolute Gasteiger partial charge is 0.507 e. The van der Waals surface area contributed by atoms with Crippen LogP contribution in [0.5, 0.6) is 11.5 Å². The van der Waals surface area contributed by atoms with Gasteiger partial charge in [-0.1, -0.05) is 79.7 Å². The van der Waals surface area contributed by atoms with Crippen LogP contribution in [0.2, 0.25) is 0 Å². The number of ether oxygens (including phenoxy) is 2. The predicted molar refractivity (Wildman–Crippen MR) is 189 cm³/mol. The lowest BCUT2D eigenvalue weighted by Crippen LogP contribution is -2.34. The Bertz CT molecular complexity index is 1510. The molecule has 3 aromatic rings. The highest BCUT2D eigenvalue weighted by molar-refractivity contribution is 5.94. The van der Waals surface area contributed by atoms with E-state index in [1.165, 1.54) is 0 Å². The molecular weight excluding hydrogens is 592 g/mol. The first-order valence-corrected chi connectivity index (χ1v) is 16.4. The van der Waals surface area contributed by atoms with E-state index in [1.807, 2.05) is 60.7 Å². The third-order valence-electron chi connectivity index (χ3n) is 8.40. The molecule has 3 rings (SSSR count). The van der Waals surface area contributed by atoms with E-state index in [-0.39, 0.29) is 23.2 Å². The molecule has 254 valence electrons. The Balaban J connectivity index is 1.52. The number of carboxylic acids is 1. The van der Waals surface area contributed by atoms with Crippen molar-refractivity contribution in [3.8, 4) is 11.5 Å². The maximum Gasteiger partial charge on any atom is 0.310 e. The molecule has 1 heterocycles. The minimum atomic E-state index is -1.06. The molecule has 0 aliphatic carbocycles. The molecular formula is C39H52N2O6. The Morgan fingerprint density at radius 2 is 1.51 bits per heavy atom. The van der Waals surface area contributed by atoms with Crippen LogP contribution in [0.4, 0.5) is 5.69 Å². The monoisotopic (exact) mass is 644 g/mol. The number of nitrogens with zero attached hydrogens (tertiary/aromatic N) is 1. The number of phenols is 1. The number of hydrogen-bond acceptors (Lipinski definition) is 6. The number of pyridine rings is 1. The maximum absolute atomic E-state index is 12.7. The van der Waals surface area contributed by atoms with Crippen molar-refractivity contribution in [2.45, 2.75) is 98.5 Å². The van der Waals surface area contributed by atoms with Gasteiger partial charge >= 0.3 is 5.97 Å². The zero-order chi connectivity index (χ0) is 34.8. The highest BCUT2D eigenvalue weighted by Crippen LogP contribution is 2.41. The van der Waals surface area contributed by atoms with Crippen molar-refractivity contribution in [2.24, 2.45) is 5.41 Å². The number of carbonyl (C=O) groups is 2. The van der Waals surface area contributed by atoms with Gasteiger partial charge in [0.05, 0.1) is 36.6 Å². The van der Waals surface area contributed by atoms with E-state index >= 15 is 0 Å². The number of carbonyl (C=O) groups excluding carboxylic acids is 1. The van der Waals surface area contributed by atoms with Crippen molar-refractivity contribution in [1.29, 1.82) is 0 Å². The molecule has 1 amide bonds. The summed E-state index contributed by atoms with van der Waals surface area (Å²) in [6, 6.07) is 17.0. The number of amides is 1. The molecule has 47 heavy (non-hydrogen) atoms. The molecule has 2 aromatic carbocycles. The Labute approximate surface area is 280 Å². The van der Waals surface area contributed by atoms with Crippen LogP contribution in [0.1, 0.15) is 109 Å². The van der Waals surface area contributed by atoms with Crippen LogP contribution in [-0.2, 0) is 31.8 Å². The number of anilines is 1. The highest BCUT2D eigenvalue weighted by atomic mass is 16.5. The van der Waals surface area contributed by atoms with E-state index in [0.717, 1.165) is 33.8 Å². The molecule has 0 bridgehead atoms. The minimum Gasteiger partial charge on any atom is -0.507 e. The van der Waals surface area contributed by atoms with Crippen molar-refractivity contribution in [3.63, 3.8) is 0 Å². The second kappa shape index (κ2) is 16.1. The van der Waals surface area contributed by atoms with Gasteiger partial charge in [0.15, 0.2) is 0 Å². The summed E-state index contributed by atoms with van der Waals surface area (Å²) in [5.41, 5.74) is 3.33. The van der Waals surface area contributed by atoms with Crippen LogP contribution in [-0.4, -0.2) is 40.3 Å². The van der Waals surface area contributed by atoms with E-state index in [2.05, 4.69) is 51.8 Å². The molecule has 0 atom stereocenters. The van der Waals surface area contributed by atoms with E-state index in [0.29, 0.717) is 50.5 Å². The van der Waals surface area contributed by atoms with Gasteiger partial charge in [-0.25, -0.2) is 0 Å². The van der Waals surface area contributed by atoms with Crippen LogP contribution in [0.15, 0.2) is 54.6 Å². The molecule has 0 fully saturated rings. The van der Waals surface area contributed by atoms with Gasteiger partial charge in [-0.15, -0.1) is 0 Å². The van der Waals surface area contributed by atoms with Crippen LogP contribution in [0, 0.1) is 5.41 Å². The highest BCUT2D eigenvalue weighted by Gasteiger charge is 2.37. The lowest BCUT2D eigenvalue weighted by molar-refractivity contribution is -0.151. The number of aliphatic carboxylic acids is 1. The molecule has 8 nitrogen and oxygen atoms in total. The van der Waals surface area contributed by atoms with Gasteiger partial charge in [0, 0.05) is 29.7 Å². The summed E-state index contributed by atoms with van der Waals surface area (Å²) in [5, 5.41) is 23.4. The molecule has 0 aliphatic heterocycles. The maximum atomic E-state index is 12.7. The summed E-state index contributed by atoms with van der Waals surface area (Å²) in [5.74, 6) is -0.173.